The smallest absolute Gasteiger partial charge is 0.303 e. The molecule has 0 bridgehead atoms. The summed E-state index contributed by atoms with van der Waals surface area (Å²) in [5.41, 5.74) is 1.88. The number of carboxylic acids is 1. The van der Waals surface area contributed by atoms with Crippen molar-refractivity contribution in [2.75, 3.05) is 13.2 Å². The number of carbonyl (C=O) groups is 1. The number of hydrogen-bond donors (Lipinski definition) is 1. The molecule has 1 aliphatic heterocycles. The van der Waals surface area contributed by atoms with Crippen LogP contribution in [0, 0.1) is 0 Å². The Morgan fingerprint density at radius 1 is 1.35 bits per heavy atom. The summed E-state index contributed by atoms with van der Waals surface area (Å²) in [6, 6.07) is 7.81. The standard InChI is InChI=1S/C15H19NO4/c17-15(18)9-3-4-11-20-16-13-7-5-10-19-14-8-2-1-6-12(13)14/h1-2,6,8H,3-5,7,9-11H2,(H,17,18)/b16-13+. The van der Waals surface area contributed by atoms with E-state index in [4.69, 9.17) is 14.7 Å². The highest BCUT2D eigenvalue weighted by atomic mass is 16.6. The van der Waals surface area contributed by atoms with Crippen molar-refractivity contribution in [3.05, 3.63) is 29.8 Å². The lowest BCUT2D eigenvalue weighted by atomic mass is 10.1. The third-order valence-electron chi connectivity index (χ3n) is 3.06. The predicted octanol–water partition coefficient (Wildman–Crippen LogP) is 2.83. The lowest BCUT2D eigenvalue weighted by molar-refractivity contribution is -0.137. The summed E-state index contributed by atoms with van der Waals surface area (Å²) in [7, 11) is 0. The molecule has 0 radical (unpaired) electrons. The molecule has 5 heteroatoms. The van der Waals surface area contributed by atoms with Gasteiger partial charge in [0.05, 0.1) is 12.3 Å². The molecule has 108 valence electrons. The number of carboxylic acid groups (broad SMARTS) is 1. The number of hydrogen-bond acceptors (Lipinski definition) is 4. The molecule has 0 saturated carbocycles. The second kappa shape index (κ2) is 7.53. The monoisotopic (exact) mass is 277 g/mol. The maximum Gasteiger partial charge on any atom is 0.303 e. The second-order valence-corrected chi connectivity index (χ2v) is 4.67. The van der Waals surface area contributed by atoms with Crippen molar-refractivity contribution in [3.63, 3.8) is 0 Å². The molecule has 0 aromatic heterocycles. The average Bonchev–Trinajstić information content (AvgIpc) is 2.65. The van der Waals surface area contributed by atoms with Crippen molar-refractivity contribution in [1.82, 2.24) is 0 Å². The Morgan fingerprint density at radius 2 is 2.20 bits per heavy atom. The minimum Gasteiger partial charge on any atom is -0.493 e. The summed E-state index contributed by atoms with van der Waals surface area (Å²) in [4.78, 5) is 15.7. The minimum absolute atomic E-state index is 0.177. The van der Waals surface area contributed by atoms with E-state index in [0.29, 0.717) is 26.1 Å². The van der Waals surface area contributed by atoms with Crippen LogP contribution in [-0.4, -0.2) is 30.0 Å². The average molecular weight is 277 g/mol. The molecule has 2 rings (SSSR count). The van der Waals surface area contributed by atoms with Gasteiger partial charge in [-0.1, -0.05) is 17.3 Å². The molecule has 0 atom stereocenters. The van der Waals surface area contributed by atoms with Gasteiger partial charge < -0.3 is 14.7 Å². The van der Waals surface area contributed by atoms with Crippen LogP contribution in [0.15, 0.2) is 29.4 Å². The first kappa shape index (κ1) is 14.4. The first-order chi connectivity index (χ1) is 9.77. The van der Waals surface area contributed by atoms with E-state index < -0.39 is 5.97 Å². The summed E-state index contributed by atoms with van der Waals surface area (Å²) in [6.45, 7) is 1.13. The molecule has 5 nitrogen and oxygen atoms in total. The van der Waals surface area contributed by atoms with Gasteiger partial charge in [-0.05, 0) is 37.8 Å². The third kappa shape index (κ3) is 4.26. The molecule has 20 heavy (non-hydrogen) atoms. The third-order valence-corrected chi connectivity index (χ3v) is 3.06. The highest BCUT2D eigenvalue weighted by Gasteiger charge is 2.14. The molecule has 0 unspecified atom stereocenters. The van der Waals surface area contributed by atoms with Gasteiger partial charge >= 0.3 is 5.97 Å². The normalized spacial score (nSPS) is 16.1. The highest BCUT2D eigenvalue weighted by Crippen LogP contribution is 2.24. The maximum atomic E-state index is 10.4. The summed E-state index contributed by atoms with van der Waals surface area (Å²) in [5.74, 6) is 0.0735. The van der Waals surface area contributed by atoms with E-state index in [2.05, 4.69) is 5.16 Å². The molecular weight excluding hydrogens is 258 g/mol. The number of para-hydroxylation sites is 1. The number of unbranched alkanes of at least 4 members (excludes halogenated alkanes) is 1. The molecule has 0 saturated heterocycles. The number of fused-ring (bicyclic) bond motifs is 1. The van der Waals surface area contributed by atoms with Crippen LogP contribution in [0.5, 0.6) is 5.75 Å². The lowest BCUT2D eigenvalue weighted by Gasteiger charge is -2.07. The summed E-state index contributed by atoms with van der Waals surface area (Å²) < 4.78 is 5.65. The van der Waals surface area contributed by atoms with Gasteiger partial charge in [-0.25, -0.2) is 0 Å². The Hall–Kier alpha value is -2.04. The van der Waals surface area contributed by atoms with Crippen LogP contribution in [0.4, 0.5) is 0 Å². The Kier molecular flexibility index (Phi) is 5.41. The van der Waals surface area contributed by atoms with Crippen LogP contribution < -0.4 is 4.74 Å². The van der Waals surface area contributed by atoms with E-state index >= 15 is 0 Å². The lowest BCUT2D eigenvalue weighted by Crippen LogP contribution is -2.02. The molecule has 0 spiro atoms. The topological polar surface area (TPSA) is 68.1 Å². The van der Waals surface area contributed by atoms with Crippen LogP contribution in [0.25, 0.3) is 0 Å². The molecule has 1 aliphatic rings. The van der Waals surface area contributed by atoms with Crippen LogP contribution in [0.1, 0.15) is 37.7 Å². The van der Waals surface area contributed by atoms with Crippen LogP contribution in [0.3, 0.4) is 0 Å². The molecular formula is C15H19NO4. The molecule has 1 aromatic rings. The zero-order valence-electron chi connectivity index (χ0n) is 11.4. The molecule has 0 fully saturated rings. The van der Waals surface area contributed by atoms with Gasteiger partial charge in [0.1, 0.15) is 12.4 Å². The van der Waals surface area contributed by atoms with Gasteiger partial charge in [0, 0.05) is 12.0 Å². The minimum atomic E-state index is -0.772. The van der Waals surface area contributed by atoms with E-state index in [1.807, 2.05) is 24.3 Å². The van der Waals surface area contributed by atoms with E-state index in [-0.39, 0.29) is 6.42 Å². The van der Waals surface area contributed by atoms with E-state index in [1.54, 1.807) is 0 Å². The van der Waals surface area contributed by atoms with E-state index in [1.165, 1.54) is 0 Å². The van der Waals surface area contributed by atoms with Crippen LogP contribution >= 0.6 is 0 Å². The molecule has 1 heterocycles. The Labute approximate surface area is 118 Å². The highest BCUT2D eigenvalue weighted by molar-refractivity contribution is 6.02. The number of rotatable bonds is 6. The number of ether oxygens (including phenoxy) is 1. The molecule has 1 N–H and O–H groups in total. The van der Waals surface area contributed by atoms with E-state index in [9.17, 15) is 4.79 Å². The van der Waals surface area contributed by atoms with Crippen molar-refractivity contribution >= 4 is 11.7 Å². The first-order valence-electron chi connectivity index (χ1n) is 6.90. The Balaban J connectivity index is 1.88. The van der Waals surface area contributed by atoms with Crippen molar-refractivity contribution in [2.24, 2.45) is 5.16 Å². The first-order valence-corrected chi connectivity index (χ1v) is 6.90. The summed E-state index contributed by atoms with van der Waals surface area (Å²) in [5, 5.41) is 12.7. The van der Waals surface area contributed by atoms with Crippen molar-refractivity contribution in [3.8, 4) is 5.75 Å². The van der Waals surface area contributed by atoms with Gasteiger partial charge in [0.2, 0.25) is 0 Å². The van der Waals surface area contributed by atoms with Gasteiger partial charge in [0.15, 0.2) is 0 Å². The maximum absolute atomic E-state index is 10.4. The Morgan fingerprint density at radius 3 is 3.05 bits per heavy atom. The zero-order chi connectivity index (χ0) is 14.2. The fraction of sp³-hybridized carbons (Fsp3) is 0.467. The fourth-order valence-corrected chi connectivity index (χ4v) is 2.05. The predicted molar refractivity (Wildman–Crippen MR) is 75.1 cm³/mol. The quantitative estimate of drug-likeness (QED) is 0.641. The fourth-order valence-electron chi connectivity index (χ4n) is 2.05. The van der Waals surface area contributed by atoms with Gasteiger partial charge in [-0.3, -0.25) is 4.79 Å². The number of aliphatic carboxylic acids is 1. The van der Waals surface area contributed by atoms with Crippen LogP contribution in [0.2, 0.25) is 0 Å². The number of nitrogens with zero attached hydrogens (tertiary/aromatic N) is 1. The second-order valence-electron chi connectivity index (χ2n) is 4.67. The number of oxime groups is 1. The van der Waals surface area contributed by atoms with Crippen molar-refractivity contribution in [2.45, 2.75) is 32.1 Å². The number of benzene rings is 1. The largest absolute Gasteiger partial charge is 0.493 e. The summed E-state index contributed by atoms with van der Waals surface area (Å²) in [6.07, 6.45) is 3.22. The SMILES string of the molecule is O=C(O)CCCCO/N=C1\CCCOc2ccccc21. The van der Waals surface area contributed by atoms with Gasteiger partial charge in [-0.15, -0.1) is 0 Å². The zero-order valence-corrected chi connectivity index (χ0v) is 11.4. The van der Waals surface area contributed by atoms with E-state index in [0.717, 1.165) is 29.9 Å². The molecule has 1 aromatic carbocycles. The van der Waals surface area contributed by atoms with Crippen molar-refractivity contribution < 1.29 is 19.5 Å². The van der Waals surface area contributed by atoms with Crippen LogP contribution in [-0.2, 0) is 9.63 Å². The molecule has 0 amide bonds. The van der Waals surface area contributed by atoms with Gasteiger partial charge in [0.25, 0.3) is 0 Å². The summed E-state index contributed by atoms with van der Waals surface area (Å²) >= 11 is 0. The Bertz CT molecular complexity index is 485. The van der Waals surface area contributed by atoms with Gasteiger partial charge in [-0.2, -0.15) is 0 Å². The van der Waals surface area contributed by atoms with Crippen molar-refractivity contribution in [1.29, 1.82) is 0 Å². The molecule has 0 aliphatic carbocycles.